The number of anilines is 2. The van der Waals surface area contributed by atoms with Crippen molar-refractivity contribution in [2.45, 2.75) is 6.18 Å². The van der Waals surface area contributed by atoms with Crippen molar-refractivity contribution in [2.24, 2.45) is 0 Å². The predicted molar refractivity (Wildman–Crippen MR) is 98.9 cm³/mol. The molecule has 2 heterocycles. The molecule has 0 bridgehead atoms. The van der Waals surface area contributed by atoms with Gasteiger partial charge in [0.2, 0.25) is 5.88 Å². The molecule has 0 aliphatic rings. The molecule has 5 nitrogen and oxygen atoms in total. The number of pyridine rings is 2. The summed E-state index contributed by atoms with van der Waals surface area (Å²) in [6.45, 7) is -1.05. The minimum Gasteiger partial charge on any atom is -0.479 e. The Kier molecular flexibility index (Phi) is 7.05. The van der Waals surface area contributed by atoms with E-state index in [2.05, 4.69) is 28.1 Å². The van der Waals surface area contributed by atoms with Gasteiger partial charge in [-0.25, -0.2) is 4.98 Å². The molecule has 3 aromatic rings. The van der Waals surface area contributed by atoms with E-state index in [0.29, 0.717) is 5.88 Å². The van der Waals surface area contributed by atoms with E-state index in [-0.39, 0.29) is 0 Å². The van der Waals surface area contributed by atoms with Crippen LogP contribution >= 0.6 is 12.8 Å². The fraction of sp³-hybridized carbons (Fsp3) is 0.176. The van der Waals surface area contributed by atoms with Gasteiger partial charge in [0, 0.05) is 29.2 Å². The molecule has 0 amide bonds. The molecule has 0 aliphatic heterocycles. The highest BCUT2D eigenvalue weighted by Gasteiger charge is 2.25. The molecule has 26 heavy (non-hydrogen) atoms. The van der Waals surface area contributed by atoms with E-state index in [1.807, 2.05) is 42.5 Å². The standard InChI is InChI=1S/C15H13N3O.C2H4F3NS/c1-19-15-14-12(7-9-17-15)13(8-10-16-14)18-11-5-3-2-4-6-11;3-2(4,5)1-6-7/h2-10H,1H3,(H,16,18);6-7H,1H2. The van der Waals surface area contributed by atoms with Gasteiger partial charge in [-0.2, -0.15) is 13.2 Å². The number of fused-ring (bicyclic) bond motifs is 1. The zero-order valence-electron chi connectivity index (χ0n) is 13.8. The number of aromatic nitrogens is 2. The van der Waals surface area contributed by atoms with Crippen LogP contribution in [0.2, 0.25) is 0 Å². The van der Waals surface area contributed by atoms with Crippen molar-refractivity contribution in [3.63, 3.8) is 0 Å². The second-order valence-corrected chi connectivity index (χ2v) is 5.33. The van der Waals surface area contributed by atoms with Crippen LogP contribution in [0.25, 0.3) is 10.9 Å². The van der Waals surface area contributed by atoms with E-state index < -0.39 is 12.7 Å². The second-order valence-electron chi connectivity index (χ2n) is 5.02. The molecular weight excluding hydrogens is 365 g/mol. The lowest BCUT2D eigenvalue weighted by molar-refractivity contribution is -0.120. The number of nitrogens with one attached hydrogen (secondary N) is 2. The van der Waals surface area contributed by atoms with Gasteiger partial charge in [-0.15, -0.1) is 0 Å². The van der Waals surface area contributed by atoms with Crippen LogP contribution in [0, 0.1) is 0 Å². The van der Waals surface area contributed by atoms with Crippen molar-refractivity contribution in [3.05, 3.63) is 54.9 Å². The minimum absolute atomic E-state index is 0.536. The average molecular weight is 382 g/mol. The fourth-order valence-electron chi connectivity index (χ4n) is 2.08. The summed E-state index contributed by atoms with van der Waals surface area (Å²) in [6, 6.07) is 13.9. The van der Waals surface area contributed by atoms with Gasteiger partial charge in [-0.3, -0.25) is 9.71 Å². The lowest BCUT2D eigenvalue weighted by Gasteiger charge is -2.10. The Bertz CT molecular complexity index is 831. The van der Waals surface area contributed by atoms with Crippen molar-refractivity contribution in [3.8, 4) is 5.88 Å². The van der Waals surface area contributed by atoms with Crippen LogP contribution in [0.3, 0.4) is 0 Å². The summed E-state index contributed by atoms with van der Waals surface area (Å²) >= 11 is 3.14. The summed E-state index contributed by atoms with van der Waals surface area (Å²) in [7, 11) is 1.60. The van der Waals surface area contributed by atoms with Gasteiger partial charge in [0.05, 0.1) is 7.11 Å². The minimum atomic E-state index is -4.14. The number of hydrogen-bond donors (Lipinski definition) is 3. The maximum atomic E-state index is 10.9. The highest BCUT2D eigenvalue weighted by Crippen LogP contribution is 2.28. The Balaban J connectivity index is 0.000000298. The Morgan fingerprint density at radius 3 is 2.31 bits per heavy atom. The van der Waals surface area contributed by atoms with Crippen molar-refractivity contribution >= 4 is 35.1 Å². The van der Waals surface area contributed by atoms with E-state index in [9.17, 15) is 13.2 Å². The van der Waals surface area contributed by atoms with E-state index in [4.69, 9.17) is 4.74 Å². The molecule has 0 fully saturated rings. The van der Waals surface area contributed by atoms with Gasteiger partial charge in [0.25, 0.3) is 0 Å². The van der Waals surface area contributed by atoms with Crippen LogP contribution in [-0.4, -0.2) is 29.8 Å². The van der Waals surface area contributed by atoms with E-state index in [1.54, 1.807) is 24.2 Å². The second kappa shape index (κ2) is 9.25. The lowest BCUT2D eigenvalue weighted by Crippen LogP contribution is -2.21. The van der Waals surface area contributed by atoms with Gasteiger partial charge >= 0.3 is 6.18 Å². The Morgan fingerprint density at radius 1 is 1.04 bits per heavy atom. The maximum Gasteiger partial charge on any atom is 0.401 e. The Morgan fingerprint density at radius 2 is 1.73 bits per heavy atom. The Labute approximate surface area is 154 Å². The lowest BCUT2D eigenvalue weighted by atomic mass is 10.2. The zero-order chi connectivity index (χ0) is 19.0. The summed E-state index contributed by atoms with van der Waals surface area (Å²) in [5.74, 6) is 0.536. The highest BCUT2D eigenvalue weighted by molar-refractivity contribution is 7.78. The third-order valence-electron chi connectivity index (χ3n) is 3.15. The summed E-state index contributed by atoms with van der Waals surface area (Å²) < 4.78 is 39.7. The van der Waals surface area contributed by atoms with Gasteiger partial charge in [-0.05, 0) is 24.3 Å². The van der Waals surface area contributed by atoms with E-state index >= 15 is 0 Å². The molecule has 9 heteroatoms. The smallest absolute Gasteiger partial charge is 0.401 e. The number of hydrogen-bond acceptors (Lipinski definition) is 6. The summed E-state index contributed by atoms with van der Waals surface area (Å²) in [6.07, 6.45) is -0.668. The molecule has 0 atom stereocenters. The summed E-state index contributed by atoms with van der Waals surface area (Å²) in [4.78, 5) is 8.49. The monoisotopic (exact) mass is 382 g/mol. The highest BCUT2D eigenvalue weighted by atomic mass is 32.1. The summed E-state index contributed by atoms with van der Waals surface area (Å²) in [5, 5.41) is 4.36. The maximum absolute atomic E-state index is 10.9. The van der Waals surface area contributed by atoms with E-state index in [1.165, 1.54) is 0 Å². The number of rotatable bonds is 4. The van der Waals surface area contributed by atoms with Gasteiger partial charge in [0.15, 0.2) is 0 Å². The van der Waals surface area contributed by atoms with E-state index in [0.717, 1.165) is 22.3 Å². The number of benzene rings is 1. The average Bonchev–Trinajstić information content (AvgIpc) is 2.62. The molecule has 3 rings (SSSR count). The SMILES string of the molecule is COc1nccc2c(Nc3ccccc3)ccnc12.FC(F)(F)CNS. The first-order valence-electron chi connectivity index (χ1n) is 7.48. The Hall–Kier alpha value is -2.52. The normalized spacial score (nSPS) is 10.8. The zero-order valence-corrected chi connectivity index (χ0v) is 14.7. The predicted octanol–water partition coefficient (Wildman–Crippen LogP) is 4.37. The number of alkyl halides is 3. The van der Waals surface area contributed by atoms with Gasteiger partial charge in [-0.1, -0.05) is 31.0 Å². The fourth-order valence-corrected chi connectivity index (χ4v) is 2.26. The van der Waals surface area contributed by atoms with Crippen molar-refractivity contribution < 1.29 is 17.9 Å². The first kappa shape index (κ1) is 19.8. The molecule has 2 aromatic heterocycles. The van der Waals surface area contributed by atoms with Crippen LogP contribution in [0.15, 0.2) is 54.9 Å². The van der Waals surface area contributed by atoms with Crippen molar-refractivity contribution in [1.29, 1.82) is 0 Å². The molecule has 0 saturated carbocycles. The van der Waals surface area contributed by atoms with Crippen LogP contribution < -0.4 is 14.8 Å². The summed E-state index contributed by atoms with van der Waals surface area (Å²) in [5.41, 5.74) is 2.77. The topological polar surface area (TPSA) is 59.1 Å². The largest absolute Gasteiger partial charge is 0.479 e. The van der Waals surface area contributed by atoms with Crippen molar-refractivity contribution in [2.75, 3.05) is 19.0 Å². The van der Waals surface area contributed by atoms with Crippen LogP contribution in [0.4, 0.5) is 24.5 Å². The van der Waals surface area contributed by atoms with Crippen LogP contribution in [-0.2, 0) is 0 Å². The number of thiol groups is 1. The number of para-hydroxylation sites is 1. The van der Waals surface area contributed by atoms with Gasteiger partial charge < -0.3 is 10.1 Å². The molecule has 138 valence electrons. The molecule has 0 spiro atoms. The number of methoxy groups -OCH3 is 1. The molecular formula is C17H17F3N4OS. The molecule has 1 aromatic carbocycles. The van der Waals surface area contributed by atoms with Crippen LogP contribution in [0.1, 0.15) is 0 Å². The van der Waals surface area contributed by atoms with Crippen molar-refractivity contribution in [1.82, 2.24) is 14.7 Å². The number of halogens is 3. The first-order valence-corrected chi connectivity index (χ1v) is 7.93. The molecule has 0 saturated heterocycles. The third-order valence-corrected chi connectivity index (χ3v) is 3.31. The molecule has 0 unspecified atom stereocenters. The molecule has 2 N–H and O–H groups in total. The first-order chi connectivity index (χ1) is 12.4. The molecule has 0 aliphatic carbocycles. The van der Waals surface area contributed by atoms with Gasteiger partial charge in [0.1, 0.15) is 12.1 Å². The van der Waals surface area contributed by atoms with Crippen LogP contribution in [0.5, 0.6) is 5.88 Å². The quantitative estimate of drug-likeness (QED) is 0.585. The molecule has 0 radical (unpaired) electrons. The number of nitrogens with zero attached hydrogens (tertiary/aromatic N) is 2. The third kappa shape index (κ3) is 5.78. The number of ether oxygens (including phenoxy) is 1.